The maximum Gasteiger partial charge on any atom is 0.166 e. The minimum Gasteiger partial charge on any atom is -0.381 e. The molecule has 1 saturated heterocycles. The molecule has 0 aromatic heterocycles. The maximum atomic E-state index is 5.37. The van der Waals surface area contributed by atoms with E-state index in [9.17, 15) is 0 Å². The topological polar surface area (TPSA) is 33.3 Å². The highest BCUT2D eigenvalue weighted by atomic mass is 32.1. The molecule has 0 aromatic carbocycles. The molecule has 1 aliphatic carbocycles. The Kier molecular flexibility index (Phi) is 6.21. The maximum absolute atomic E-state index is 5.37. The van der Waals surface area contributed by atoms with Gasteiger partial charge in [0.1, 0.15) is 0 Å². The number of nitrogens with one attached hydrogen (secondary N) is 2. The first-order valence-corrected chi connectivity index (χ1v) is 7.87. The van der Waals surface area contributed by atoms with E-state index in [4.69, 9.17) is 17.0 Å². The molecule has 2 rings (SSSR count). The molecule has 0 atom stereocenters. The molecule has 18 heavy (non-hydrogen) atoms. The summed E-state index contributed by atoms with van der Waals surface area (Å²) in [6, 6.07) is 0.613. The number of thiocarbonyl (C=S) groups is 1. The Bertz CT molecular complexity index is 248. The summed E-state index contributed by atoms with van der Waals surface area (Å²) in [4.78, 5) is 0. The molecular weight excluding hydrogens is 244 g/mol. The van der Waals surface area contributed by atoms with E-state index < -0.39 is 0 Å². The van der Waals surface area contributed by atoms with E-state index >= 15 is 0 Å². The van der Waals surface area contributed by atoms with Gasteiger partial charge in [-0.25, -0.2) is 0 Å². The fraction of sp³-hybridized carbons (Fsp3) is 0.929. The molecule has 2 fully saturated rings. The molecule has 0 amide bonds. The fourth-order valence-electron chi connectivity index (χ4n) is 2.91. The lowest BCUT2D eigenvalue weighted by Gasteiger charge is -2.25. The van der Waals surface area contributed by atoms with E-state index in [0.717, 1.165) is 30.8 Å². The lowest BCUT2D eigenvalue weighted by atomic mass is 9.96. The average Bonchev–Trinajstić information content (AvgIpc) is 2.41. The zero-order chi connectivity index (χ0) is 12.6. The predicted molar refractivity (Wildman–Crippen MR) is 78.8 cm³/mol. The van der Waals surface area contributed by atoms with Crippen molar-refractivity contribution < 1.29 is 4.74 Å². The zero-order valence-electron chi connectivity index (χ0n) is 11.2. The van der Waals surface area contributed by atoms with E-state index in [1.54, 1.807) is 0 Å². The number of rotatable bonds is 4. The van der Waals surface area contributed by atoms with Crippen molar-refractivity contribution in [1.82, 2.24) is 10.6 Å². The average molecular weight is 270 g/mol. The summed E-state index contributed by atoms with van der Waals surface area (Å²) < 4.78 is 5.37. The normalized spacial score (nSPS) is 22.7. The molecule has 1 heterocycles. The van der Waals surface area contributed by atoms with Crippen molar-refractivity contribution in [2.24, 2.45) is 5.92 Å². The first-order chi connectivity index (χ1) is 8.84. The first kappa shape index (κ1) is 14.1. The van der Waals surface area contributed by atoms with Crippen LogP contribution < -0.4 is 10.6 Å². The van der Waals surface area contributed by atoms with Crippen LogP contribution in [0.4, 0.5) is 0 Å². The van der Waals surface area contributed by atoms with Gasteiger partial charge in [0.2, 0.25) is 0 Å². The highest BCUT2D eigenvalue weighted by Gasteiger charge is 2.15. The summed E-state index contributed by atoms with van der Waals surface area (Å²) in [7, 11) is 0. The standard InChI is InChI=1S/C14H26N2OS/c18-14(16-13-4-2-1-3-5-13)15-9-6-12-7-10-17-11-8-12/h12-13H,1-11H2,(H2,15,16,18). The zero-order valence-corrected chi connectivity index (χ0v) is 12.1. The molecule has 0 spiro atoms. The van der Waals surface area contributed by atoms with Crippen LogP contribution >= 0.6 is 12.2 Å². The van der Waals surface area contributed by atoms with Crippen molar-refractivity contribution in [2.45, 2.75) is 57.4 Å². The number of ether oxygens (including phenoxy) is 1. The minimum atomic E-state index is 0.613. The van der Waals surface area contributed by atoms with E-state index in [1.165, 1.54) is 51.4 Å². The lowest BCUT2D eigenvalue weighted by Crippen LogP contribution is -2.43. The quantitative estimate of drug-likeness (QED) is 0.769. The van der Waals surface area contributed by atoms with Gasteiger partial charge in [-0.1, -0.05) is 19.3 Å². The number of hydrogen-bond donors (Lipinski definition) is 2. The largest absolute Gasteiger partial charge is 0.381 e. The molecule has 3 nitrogen and oxygen atoms in total. The summed E-state index contributed by atoms with van der Waals surface area (Å²) in [6.07, 6.45) is 10.3. The van der Waals surface area contributed by atoms with E-state index in [0.29, 0.717) is 6.04 Å². The monoisotopic (exact) mass is 270 g/mol. The second kappa shape index (κ2) is 7.95. The van der Waals surface area contributed by atoms with Crippen molar-refractivity contribution in [2.75, 3.05) is 19.8 Å². The fourth-order valence-corrected chi connectivity index (χ4v) is 3.18. The van der Waals surface area contributed by atoms with Gasteiger partial charge in [0, 0.05) is 25.8 Å². The number of hydrogen-bond acceptors (Lipinski definition) is 2. The molecule has 4 heteroatoms. The Morgan fingerprint density at radius 3 is 2.50 bits per heavy atom. The second-order valence-electron chi connectivity index (χ2n) is 5.58. The van der Waals surface area contributed by atoms with Crippen LogP contribution in [0.5, 0.6) is 0 Å². The van der Waals surface area contributed by atoms with Gasteiger partial charge in [-0.2, -0.15) is 0 Å². The van der Waals surface area contributed by atoms with Crippen LogP contribution in [0.3, 0.4) is 0 Å². The Hall–Kier alpha value is -0.350. The van der Waals surface area contributed by atoms with Gasteiger partial charge in [-0.15, -0.1) is 0 Å². The molecule has 0 radical (unpaired) electrons. The van der Waals surface area contributed by atoms with Crippen LogP contribution in [0.15, 0.2) is 0 Å². The summed E-state index contributed by atoms with van der Waals surface area (Å²) in [6.45, 7) is 2.88. The van der Waals surface area contributed by atoms with Crippen LogP contribution in [0.25, 0.3) is 0 Å². The lowest BCUT2D eigenvalue weighted by molar-refractivity contribution is 0.0643. The first-order valence-electron chi connectivity index (χ1n) is 7.46. The molecule has 104 valence electrons. The van der Waals surface area contributed by atoms with Gasteiger partial charge in [0.25, 0.3) is 0 Å². The molecule has 0 unspecified atom stereocenters. The van der Waals surface area contributed by atoms with Gasteiger partial charge in [0.15, 0.2) is 5.11 Å². The second-order valence-corrected chi connectivity index (χ2v) is 5.99. The van der Waals surface area contributed by atoms with Crippen LogP contribution in [-0.4, -0.2) is 30.9 Å². The van der Waals surface area contributed by atoms with Crippen LogP contribution in [0.1, 0.15) is 51.4 Å². The summed E-state index contributed by atoms with van der Waals surface area (Å²) >= 11 is 5.35. The molecular formula is C14H26N2OS. The minimum absolute atomic E-state index is 0.613. The van der Waals surface area contributed by atoms with Gasteiger partial charge < -0.3 is 15.4 Å². The Labute approximate surface area is 116 Å². The smallest absolute Gasteiger partial charge is 0.166 e. The third kappa shape index (κ3) is 5.11. The third-order valence-electron chi connectivity index (χ3n) is 4.12. The van der Waals surface area contributed by atoms with Crippen molar-refractivity contribution in [3.8, 4) is 0 Å². The van der Waals surface area contributed by atoms with Gasteiger partial charge >= 0.3 is 0 Å². The molecule has 1 saturated carbocycles. The van der Waals surface area contributed by atoms with Crippen molar-refractivity contribution in [3.05, 3.63) is 0 Å². The van der Waals surface area contributed by atoms with Crippen molar-refractivity contribution in [3.63, 3.8) is 0 Å². The molecule has 0 bridgehead atoms. The molecule has 2 aliphatic rings. The van der Waals surface area contributed by atoms with Crippen LogP contribution in [-0.2, 0) is 4.74 Å². The van der Waals surface area contributed by atoms with Crippen molar-refractivity contribution >= 4 is 17.3 Å². The summed E-state index contributed by atoms with van der Waals surface area (Å²) in [5.74, 6) is 0.823. The van der Waals surface area contributed by atoms with E-state index in [2.05, 4.69) is 10.6 Å². The van der Waals surface area contributed by atoms with Gasteiger partial charge in [-0.3, -0.25) is 0 Å². The van der Waals surface area contributed by atoms with Gasteiger partial charge in [0.05, 0.1) is 0 Å². The molecule has 2 N–H and O–H groups in total. The van der Waals surface area contributed by atoms with Gasteiger partial charge in [-0.05, 0) is 50.2 Å². The summed E-state index contributed by atoms with van der Waals surface area (Å²) in [5.41, 5.74) is 0. The molecule has 1 aliphatic heterocycles. The van der Waals surface area contributed by atoms with E-state index in [-0.39, 0.29) is 0 Å². The Morgan fingerprint density at radius 1 is 1.06 bits per heavy atom. The molecule has 0 aromatic rings. The highest BCUT2D eigenvalue weighted by Crippen LogP contribution is 2.18. The van der Waals surface area contributed by atoms with Crippen LogP contribution in [0, 0.1) is 5.92 Å². The highest BCUT2D eigenvalue weighted by molar-refractivity contribution is 7.80. The predicted octanol–water partition coefficient (Wildman–Crippen LogP) is 2.60. The Balaban J connectivity index is 1.53. The summed E-state index contributed by atoms with van der Waals surface area (Å²) in [5, 5.41) is 7.66. The Morgan fingerprint density at radius 2 is 1.78 bits per heavy atom. The van der Waals surface area contributed by atoms with E-state index in [1.807, 2.05) is 0 Å². The van der Waals surface area contributed by atoms with Crippen LogP contribution in [0.2, 0.25) is 0 Å². The van der Waals surface area contributed by atoms with Crippen molar-refractivity contribution in [1.29, 1.82) is 0 Å². The third-order valence-corrected chi connectivity index (χ3v) is 4.38. The SMILES string of the molecule is S=C(NCCC1CCOCC1)NC1CCCCC1.